The van der Waals surface area contributed by atoms with E-state index >= 15 is 0 Å². The molecule has 2 atom stereocenters. The van der Waals surface area contributed by atoms with Crippen molar-refractivity contribution < 1.29 is 9.59 Å². The van der Waals surface area contributed by atoms with Crippen LogP contribution in [-0.4, -0.2) is 33.3 Å². The third-order valence-electron chi connectivity index (χ3n) is 6.13. The van der Waals surface area contributed by atoms with Crippen molar-refractivity contribution in [3.05, 3.63) is 109 Å². The van der Waals surface area contributed by atoms with Crippen LogP contribution in [0.25, 0.3) is 0 Å². The standard InChI is InChI=1S/C29H35N5O2/c1-5-31-29(3,4)22(2)32-25(18-12-15-23-13-8-6-9-14-23)28(36)33-27-19-34(21-30-27)26(20-35)24-16-10-7-11-17-24/h5-11,13-14,16-17,19-21,25-26,31-32H,1-2,12,15,18H2,3-4H3,(H,33,36). The molecule has 0 aliphatic rings. The fourth-order valence-electron chi connectivity index (χ4n) is 3.89. The first-order valence-corrected chi connectivity index (χ1v) is 12.1. The molecule has 1 heterocycles. The van der Waals surface area contributed by atoms with Crippen LogP contribution in [0.5, 0.6) is 0 Å². The summed E-state index contributed by atoms with van der Waals surface area (Å²) in [7, 11) is 0. The Kier molecular flexibility index (Phi) is 9.22. The van der Waals surface area contributed by atoms with E-state index in [1.54, 1.807) is 23.3 Å². The number of aromatic nitrogens is 2. The Bertz CT molecular complexity index is 1150. The molecule has 7 nitrogen and oxygen atoms in total. The van der Waals surface area contributed by atoms with E-state index in [1.807, 2.05) is 62.4 Å². The number of benzene rings is 2. The van der Waals surface area contributed by atoms with Gasteiger partial charge in [-0.2, -0.15) is 0 Å². The Morgan fingerprint density at radius 1 is 1.11 bits per heavy atom. The van der Waals surface area contributed by atoms with Gasteiger partial charge in [0, 0.05) is 11.9 Å². The van der Waals surface area contributed by atoms with Crippen molar-refractivity contribution in [3.63, 3.8) is 0 Å². The van der Waals surface area contributed by atoms with Crippen LogP contribution in [0.15, 0.2) is 98.2 Å². The molecule has 3 N–H and O–H groups in total. The Balaban J connectivity index is 1.71. The van der Waals surface area contributed by atoms with Crippen molar-refractivity contribution in [1.82, 2.24) is 20.2 Å². The van der Waals surface area contributed by atoms with Crippen molar-refractivity contribution >= 4 is 18.0 Å². The number of carbonyl (C=O) groups excluding carboxylic acids is 2. The molecule has 1 amide bonds. The number of hydrogen-bond acceptors (Lipinski definition) is 5. The maximum atomic E-state index is 13.3. The van der Waals surface area contributed by atoms with Gasteiger partial charge in [-0.25, -0.2) is 4.98 Å². The SMILES string of the molecule is C=CNC(C)(C)C(=C)NC(CCCc1ccccc1)C(=O)Nc1cn(C(C=O)c2ccccc2)cn1. The molecule has 0 bridgehead atoms. The highest BCUT2D eigenvalue weighted by molar-refractivity contribution is 5.94. The van der Waals surface area contributed by atoms with Gasteiger partial charge in [-0.1, -0.05) is 73.8 Å². The van der Waals surface area contributed by atoms with Gasteiger partial charge < -0.3 is 25.3 Å². The van der Waals surface area contributed by atoms with E-state index in [9.17, 15) is 9.59 Å². The second kappa shape index (κ2) is 12.5. The minimum absolute atomic E-state index is 0.216. The van der Waals surface area contributed by atoms with Crippen molar-refractivity contribution in [2.75, 3.05) is 5.32 Å². The number of rotatable bonds is 14. The smallest absolute Gasteiger partial charge is 0.248 e. The maximum absolute atomic E-state index is 13.3. The number of hydrogen-bond donors (Lipinski definition) is 3. The molecular formula is C29H35N5O2. The van der Waals surface area contributed by atoms with Crippen LogP contribution in [0.2, 0.25) is 0 Å². The van der Waals surface area contributed by atoms with Gasteiger partial charge in [-0.15, -0.1) is 0 Å². The summed E-state index contributed by atoms with van der Waals surface area (Å²) >= 11 is 0. The van der Waals surface area contributed by atoms with E-state index in [1.165, 1.54) is 5.56 Å². The topological polar surface area (TPSA) is 88.0 Å². The first-order chi connectivity index (χ1) is 17.3. The van der Waals surface area contributed by atoms with E-state index in [2.05, 4.69) is 46.2 Å². The zero-order valence-corrected chi connectivity index (χ0v) is 21.0. The fourth-order valence-corrected chi connectivity index (χ4v) is 3.89. The van der Waals surface area contributed by atoms with Gasteiger partial charge in [0.05, 0.1) is 11.9 Å². The lowest BCUT2D eigenvalue weighted by atomic mass is 9.99. The predicted octanol–water partition coefficient (Wildman–Crippen LogP) is 4.62. The van der Waals surface area contributed by atoms with E-state index in [-0.39, 0.29) is 5.91 Å². The van der Waals surface area contributed by atoms with Gasteiger partial charge in [-0.3, -0.25) is 4.79 Å². The zero-order chi connectivity index (χ0) is 26.0. The number of aldehydes is 1. The molecule has 2 aromatic carbocycles. The van der Waals surface area contributed by atoms with Crippen molar-refractivity contribution in [2.24, 2.45) is 0 Å². The number of imidazole rings is 1. The van der Waals surface area contributed by atoms with Gasteiger partial charge in [-0.05, 0) is 50.4 Å². The highest BCUT2D eigenvalue weighted by Crippen LogP contribution is 2.19. The number of amides is 1. The predicted molar refractivity (Wildman–Crippen MR) is 144 cm³/mol. The maximum Gasteiger partial charge on any atom is 0.248 e. The molecule has 188 valence electrons. The van der Waals surface area contributed by atoms with Gasteiger partial charge >= 0.3 is 0 Å². The quantitative estimate of drug-likeness (QED) is 0.290. The van der Waals surface area contributed by atoms with Crippen molar-refractivity contribution in [3.8, 4) is 0 Å². The molecule has 0 radical (unpaired) electrons. The second-order valence-corrected chi connectivity index (χ2v) is 9.21. The molecule has 0 aliphatic heterocycles. The lowest BCUT2D eigenvalue weighted by molar-refractivity contribution is -0.118. The van der Waals surface area contributed by atoms with E-state index < -0.39 is 17.6 Å². The van der Waals surface area contributed by atoms with Crippen LogP contribution in [0.3, 0.4) is 0 Å². The Morgan fingerprint density at radius 2 is 1.78 bits per heavy atom. The van der Waals surface area contributed by atoms with Gasteiger partial charge in [0.2, 0.25) is 5.91 Å². The molecule has 3 aromatic rings. The summed E-state index contributed by atoms with van der Waals surface area (Å²) in [5.74, 6) is 0.165. The number of nitrogens with zero attached hydrogens (tertiary/aromatic N) is 2. The van der Waals surface area contributed by atoms with Gasteiger partial charge in [0.15, 0.2) is 5.82 Å². The summed E-state index contributed by atoms with van der Waals surface area (Å²) in [5, 5.41) is 9.36. The summed E-state index contributed by atoms with van der Waals surface area (Å²) in [6, 6.07) is 18.6. The van der Waals surface area contributed by atoms with Crippen LogP contribution in [0.1, 0.15) is 43.9 Å². The van der Waals surface area contributed by atoms with Gasteiger partial charge in [0.1, 0.15) is 18.4 Å². The third-order valence-corrected chi connectivity index (χ3v) is 6.13. The number of anilines is 1. The highest BCUT2D eigenvalue weighted by atomic mass is 16.2. The van der Waals surface area contributed by atoms with Crippen LogP contribution in [0.4, 0.5) is 5.82 Å². The summed E-state index contributed by atoms with van der Waals surface area (Å²) in [5.41, 5.74) is 2.26. The molecular weight excluding hydrogens is 450 g/mol. The summed E-state index contributed by atoms with van der Waals surface area (Å²) in [6.45, 7) is 11.8. The minimum atomic E-state index is -0.520. The normalized spacial score (nSPS) is 12.7. The van der Waals surface area contributed by atoms with E-state index in [0.29, 0.717) is 17.9 Å². The summed E-state index contributed by atoms with van der Waals surface area (Å²) in [6.07, 6.45) is 7.97. The largest absolute Gasteiger partial charge is 0.381 e. The van der Waals surface area contributed by atoms with Gasteiger partial charge in [0.25, 0.3) is 0 Å². The first-order valence-electron chi connectivity index (χ1n) is 12.1. The minimum Gasteiger partial charge on any atom is -0.381 e. The lowest BCUT2D eigenvalue weighted by Gasteiger charge is -2.31. The fraction of sp³-hybridized carbons (Fsp3) is 0.276. The molecule has 36 heavy (non-hydrogen) atoms. The Hall–Kier alpha value is -4.13. The molecule has 2 unspecified atom stereocenters. The number of nitrogens with one attached hydrogen (secondary N) is 3. The first kappa shape index (κ1) is 26.5. The molecule has 0 spiro atoms. The lowest BCUT2D eigenvalue weighted by Crippen LogP contribution is -2.48. The number of aryl methyl sites for hydroxylation is 1. The van der Waals surface area contributed by atoms with Crippen LogP contribution in [0, 0.1) is 0 Å². The Morgan fingerprint density at radius 3 is 2.42 bits per heavy atom. The zero-order valence-electron chi connectivity index (χ0n) is 21.0. The second-order valence-electron chi connectivity index (χ2n) is 9.21. The molecule has 1 aromatic heterocycles. The van der Waals surface area contributed by atoms with Crippen molar-refractivity contribution in [2.45, 2.75) is 50.7 Å². The molecule has 3 rings (SSSR count). The molecule has 7 heteroatoms. The average molecular weight is 486 g/mol. The number of carbonyl (C=O) groups is 2. The summed E-state index contributed by atoms with van der Waals surface area (Å²) < 4.78 is 1.69. The monoisotopic (exact) mass is 485 g/mol. The Labute approximate surface area is 213 Å². The summed E-state index contributed by atoms with van der Waals surface area (Å²) in [4.78, 5) is 29.4. The molecule has 0 saturated heterocycles. The molecule has 0 fully saturated rings. The highest BCUT2D eigenvalue weighted by Gasteiger charge is 2.26. The van der Waals surface area contributed by atoms with Crippen LogP contribution in [-0.2, 0) is 16.0 Å². The molecule has 0 saturated carbocycles. The van der Waals surface area contributed by atoms with Crippen LogP contribution >= 0.6 is 0 Å². The van der Waals surface area contributed by atoms with Crippen LogP contribution < -0.4 is 16.0 Å². The molecule has 0 aliphatic carbocycles. The van der Waals surface area contributed by atoms with E-state index in [4.69, 9.17) is 0 Å². The van der Waals surface area contributed by atoms with E-state index in [0.717, 1.165) is 24.7 Å². The third kappa shape index (κ3) is 7.18. The average Bonchev–Trinajstić information content (AvgIpc) is 3.33. The van der Waals surface area contributed by atoms with Crippen molar-refractivity contribution in [1.29, 1.82) is 0 Å².